The normalized spacial score (nSPS) is 15.5. The van der Waals surface area contributed by atoms with Gasteiger partial charge in [0.2, 0.25) is 5.91 Å². The van der Waals surface area contributed by atoms with E-state index < -0.39 is 12.0 Å². The molecule has 3 heterocycles. The lowest BCUT2D eigenvalue weighted by Crippen LogP contribution is -2.49. The monoisotopic (exact) mass is 274 g/mol. The average Bonchev–Trinajstić information content (AvgIpc) is 2.81. The van der Waals surface area contributed by atoms with E-state index in [4.69, 9.17) is 5.11 Å². The summed E-state index contributed by atoms with van der Waals surface area (Å²) in [5.41, 5.74) is 1.08. The van der Waals surface area contributed by atoms with Crippen LogP contribution in [0.1, 0.15) is 16.8 Å². The number of anilines is 1. The predicted molar refractivity (Wildman–Crippen MR) is 67.7 cm³/mol. The van der Waals surface area contributed by atoms with Crippen LogP contribution in [0.3, 0.4) is 0 Å². The number of aromatic nitrogens is 2. The number of nitrogens with zero attached hydrogens (tertiary/aromatic N) is 3. The van der Waals surface area contributed by atoms with E-state index in [-0.39, 0.29) is 24.4 Å². The fourth-order valence-corrected chi connectivity index (χ4v) is 2.11. The standard InChI is InChI=1S/C12H10N4O4/c17-10-3-4-15(12(20)14-10)7-1-2-9-8(11(18)19)5-13-16(9)6-7/h1-2,5-6H,3-4H2,(H,18,19)(H,14,17,20). The highest BCUT2D eigenvalue weighted by atomic mass is 16.4. The van der Waals surface area contributed by atoms with Crippen LogP contribution in [-0.2, 0) is 4.79 Å². The van der Waals surface area contributed by atoms with Crippen LogP contribution in [0, 0.1) is 0 Å². The van der Waals surface area contributed by atoms with Crippen molar-refractivity contribution in [3.8, 4) is 0 Å². The van der Waals surface area contributed by atoms with Gasteiger partial charge in [0.1, 0.15) is 5.56 Å². The number of nitrogens with one attached hydrogen (secondary N) is 1. The van der Waals surface area contributed by atoms with Crippen LogP contribution >= 0.6 is 0 Å². The van der Waals surface area contributed by atoms with E-state index >= 15 is 0 Å². The van der Waals surface area contributed by atoms with Crippen LogP contribution in [0.15, 0.2) is 24.5 Å². The first kappa shape index (κ1) is 12.2. The van der Waals surface area contributed by atoms with Crippen LogP contribution in [-0.4, -0.2) is 39.2 Å². The molecule has 8 nitrogen and oxygen atoms in total. The predicted octanol–water partition coefficient (Wildman–Crippen LogP) is 0.479. The number of carbonyl (C=O) groups excluding carboxylic acids is 2. The van der Waals surface area contributed by atoms with Crippen molar-refractivity contribution in [2.24, 2.45) is 0 Å². The lowest BCUT2D eigenvalue weighted by atomic mass is 10.2. The van der Waals surface area contributed by atoms with E-state index in [0.29, 0.717) is 11.2 Å². The summed E-state index contributed by atoms with van der Waals surface area (Å²) in [7, 11) is 0. The Hall–Kier alpha value is -2.90. The van der Waals surface area contributed by atoms with Crippen molar-refractivity contribution >= 4 is 29.1 Å². The molecular formula is C12H10N4O4. The number of carbonyl (C=O) groups is 3. The molecule has 1 fully saturated rings. The molecule has 0 saturated carbocycles. The van der Waals surface area contributed by atoms with Gasteiger partial charge >= 0.3 is 12.0 Å². The zero-order valence-corrected chi connectivity index (χ0v) is 10.2. The molecule has 0 unspecified atom stereocenters. The van der Waals surface area contributed by atoms with Gasteiger partial charge in [0.15, 0.2) is 0 Å². The Kier molecular flexibility index (Phi) is 2.63. The van der Waals surface area contributed by atoms with Crippen molar-refractivity contribution in [2.45, 2.75) is 6.42 Å². The zero-order valence-electron chi connectivity index (χ0n) is 10.2. The second kappa shape index (κ2) is 4.34. The van der Waals surface area contributed by atoms with Crippen LogP contribution in [0.4, 0.5) is 10.5 Å². The smallest absolute Gasteiger partial charge is 0.339 e. The first-order chi connectivity index (χ1) is 9.56. The number of amides is 3. The topological polar surface area (TPSA) is 104 Å². The van der Waals surface area contributed by atoms with Crippen LogP contribution < -0.4 is 10.2 Å². The van der Waals surface area contributed by atoms with Gasteiger partial charge in [0.05, 0.1) is 23.6 Å². The number of hydrogen-bond donors (Lipinski definition) is 2. The molecular weight excluding hydrogens is 264 g/mol. The molecule has 0 aliphatic carbocycles. The maximum atomic E-state index is 11.7. The lowest BCUT2D eigenvalue weighted by Gasteiger charge is -2.26. The lowest BCUT2D eigenvalue weighted by molar-refractivity contribution is -0.120. The molecule has 2 aromatic heterocycles. The van der Waals surface area contributed by atoms with Gasteiger partial charge in [-0.25, -0.2) is 14.1 Å². The number of urea groups is 1. The molecule has 0 bridgehead atoms. The average molecular weight is 274 g/mol. The molecule has 3 amide bonds. The van der Waals surface area contributed by atoms with Crippen LogP contribution in [0.2, 0.25) is 0 Å². The highest BCUT2D eigenvalue weighted by Crippen LogP contribution is 2.20. The number of aromatic carboxylic acids is 1. The second-order valence-electron chi connectivity index (χ2n) is 4.34. The second-order valence-corrected chi connectivity index (χ2v) is 4.34. The van der Waals surface area contributed by atoms with Crippen LogP contribution in [0.25, 0.3) is 5.52 Å². The molecule has 8 heteroatoms. The molecule has 0 aromatic carbocycles. The van der Waals surface area contributed by atoms with Gasteiger partial charge < -0.3 is 5.11 Å². The summed E-state index contributed by atoms with van der Waals surface area (Å²) in [6.07, 6.45) is 3.03. The van der Waals surface area contributed by atoms with E-state index in [2.05, 4.69) is 10.4 Å². The Balaban J connectivity index is 1.99. The summed E-state index contributed by atoms with van der Waals surface area (Å²) < 4.78 is 1.39. The number of fused-ring (bicyclic) bond motifs is 1. The summed E-state index contributed by atoms with van der Waals surface area (Å²) >= 11 is 0. The largest absolute Gasteiger partial charge is 0.478 e. The van der Waals surface area contributed by atoms with Crippen molar-refractivity contribution in [3.63, 3.8) is 0 Å². The fourth-order valence-electron chi connectivity index (χ4n) is 2.11. The minimum atomic E-state index is -1.06. The van der Waals surface area contributed by atoms with Crippen molar-refractivity contribution in [3.05, 3.63) is 30.1 Å². The molecule has 3 rings (SSSR count). The van der Waals surface area contributed by atoms with Gasteiger partial charge in [-0.2, -0.15) is 5.10 Å². The van der Waals surface area contributed by atoms with E-state index in [0.717, 1.165) is 0 Å². The Bertz CT molecular complexity index is 736. The fraction of sp³-hybridized carbons (Fsp3) is 0.167. The van der Waals surface area contributed by atoms with Crippen molar-refractivity contribution in [1.82, 2.24) is 14.9 Å². The maximum absolute atomic E-state index is 11.7. The number of pyridine rings is 1. The number of carboxylic acid groups (broad SMARTS) is 1. The molecule has 102 valence electrons. The summed E-state index contributed by atoms with van der Waals surface area (Å²) in [5.74, 6) is -1.37. The molecule has 1 aliphatic rings. The maximum Gasteiger partial charge on any atom is 0.339 e. The minimum Gasteiger partial charge on any atom is -0.478 e. The SMILES string of the molecule is O=C1CCN(c2ccc3c(C(=O)O)cnn3c2)C(=O)N1. The van der Waals surface area contributed by atoms with Crippen molar-refractivity contribution < 1.29 is 19.5 Å². The van der Waals surface area contributed by atoms with E-state index in [1.807, 2.05) is 0 Å². The first-order valence-corrected chi connectivity index (χ1v) is 5.88. The molecule has 0 radical (unpaired) electrons. The van der Waals surface area contributed by atoms with Gasteiger partial charge in [0, 0.05) is 13.0 Å². The van der Waals surface area contributed by atoms with Crippen molar-refractivity contribution in [2.75, 3.05) is 11.4 Å². The van der Waals surface area contributed by atoms with E-state index in [1.54, 1.807) is 18.3 Å². The van der Waals surface area contributed by atoms with Gasteiger partial charge in [-0.1, -0.05) is 0 Å². The Morgan fingerprint density at radius 3 is 2.85 bits per heavy atom. The molecule has 1 saturated heterocycles. The summed E-state index contributed by atoms with van der Waals surface area (Å²) in [6.45, 7) is 0.281. The number of rotatable bonds is 2. The molecule has 2 N–H and O–H groups in total. The Morgan fingerprint density at radius 2 is 2.15 bits per heavy atom. The third-order valence-electron chi connectivity index (χ3n) is 3.10. The summed E-state index contributed by atoms with van der Waals surface area (Å²) in [5, 5.41) is 15.2. The Labute approximate surface area is 112 Å². The summed E-state index contributed by atoms with van der Waals surface area (Å²) in [4.78, 5) is 35.2. The molecule has 0 atom stereocenters. The van der Waals surface area contributed by atoms with E-state index in [9.17, 15) is 14.4 Å². The molecule has 0 spiro atoms. The Morgan fingerprint density at radius 1 is 1.35 bits per heavy atom. The minimum absolute atomic E-state index is 0.0924. The third-order valence-corrected chi connectivity index (χ3v) is 3.10. The molecule has 20 heavy (non-hydrogen) atoms. The quantitative estimate of drug-likeness (QED) is 0.828. The summed E-state index contributed by atoms with van der Waals surface area (Å²) in [6, 6.07) is 2.71. The van der Waals surface area contributed by atoms with E-state index in [1.165, 1.54) is 15.6 Å². The molecule has 2 aromatic rings. The van der Waals surface area contributed by atoms with Crippen LogP contribution in [0.5, 0.6) is 0 Å². The zero-order chi connectivity index (χ0) is 14.3. The van der Waals surface area contributed by atoms with Crippen molar-refractivity contribution in [1.29, 1.82) is 0 Å². The highest BCUT2D eigenvalue weighted by molar-refractivity contribution is 6.05. The third kappa shape index (κ3) is 1.87. The van der Waals surface area contributed by atoms with Gasteiger partial charge in [-0.05, 0) is 12.1 Å². The highest BCUT2D eigenvalue weighted by Gasteiger charge is 2.24. The molecule has 1 aliphatic heterocycles. The number of imide groups is 1. The number of hydrogen-bond acceptors (Lipinski definition) is 4. The van der Waals surface area contributed by atoms with Gasteiger partial charge in [0.25, 0.3) is 0 Å². The van der Waals surface area contributed by atoms with Gasteiger partial charge in [-0.3, -0.25) is 15.0 Å². The first-order valence-electron chi connectivity index (χ1n) is 5.88. The number of carboxylic acids is 1. The van der Waals surface area contributed by atoms with Gasteiger partial charge in [-0.15, -0.1) is 0 Å².